The summed E-state index contributed by atoms with van der Waals surface area (Å²) in [6.45, 7) is 0. The number of para-hydroxylation sites is 2. The lowest BCUT2D eigenvalue weighted by molar-refractivity contribution is -0.124. The van der Waals surface area contributed by atoms with E-state index in [1.165, 1.54) is 0 Å². The van der Waals surface area contributed by atoms with Crippen molar-refractivity contribution in [1.82, 2.24) is 0 Å². The topological polar surface area (TPSA) is 64.3 Å². The van der Waals surface area contributed by atoms with Crippen LogP contribution in [0.2, 0.25) is 0 Å². The summed E-state index contributed by atoms with van der Waals surface area (Å²) in [6.07, 6.45) is 1.17. The van der Waals surface area contributed by atoms with E-state index in [1.54, 1.807) is 0 Å². The molecule has 1 heterocycles. The first-order valence-electron chi connectivity index (χ1n) is 5.04. The summed E-state index contributed by atoms with van der Waals surface area (Å²) < 4.78 is 5.63. The van der Waals surface area contributed by atoms with E-state index in [0.717, 1.165) is 18.5 Å². The number of anilines is 1. The smallest absolute Gasteiger partial charge is 0.267 e. The number of rotatable bonds is 1. The molecule has 1 aliphatic carbocycles. The monoisotopic (exact) mass is 204 g/mol. The Morgan fingerprint density at radius 1 is 1.40 bits per heavy atom. The molecule has 15 heavy (non-hydrogen) atoms. The normalized spacial score (nSPS) is 26.2. The maximum atomic E-state index is 11.7. The van der Waals surface area contributed by atoms with Crippen molar-refractivity contribution in [2.75, 3.05) is 5.32 Å². The van der Waals surface area contributed by atoms with Gasteiger partial charge in [-0.2, -0.15) is 0 Å². The Kier molecular flexibility index (Phi) is 1.59. The Hall–Kier alpha value is -1.55. The van der Waals surface area contributed by atoms with Crippen LogP contribution >= 0.6 is 0 Å². The molecule has 0 saturated heterocycles. The van der Waals surface area contributed by atoms with Gasteiger partial charge < -0.3 is 15.8 Å². The van der Waals surface area contributed by atoms with Gasteiger partial charge in [0, 0.05) is 0 Å². The number of fused-ring (bicyclic) bond motifs is 1. The van der Waals surface area contributed by atoms with Crippen molar-refractivity contribution in [3.05, 3.63) is 24.3 Å². The Bertz CT molecular complexity index is 426. The highest BCUT2D eigenvalue weighted by molar-refractivity contribution is 5.99. The molecule has 0 aromatic heterocycles. The number of nitrogens with two attached hydrogens (primary N) is 1. The van der Waals surface area contributed by atoms with Crippen LogP contribution in [0, 0.1) is 0 Å². The minimum absolute atomic E-state index is 0.131. The van der Waals surface area contributed by atoms with Gasteiger partial charge >= 0.3 is 0 Å². The molecular weight excluding hydrogens is 192 g/mol. The number of amides is 1. The molecule has 0 bridgehead atoms. The maximum Gasteiger partial charge on any atom is 0.267 e. The molecule has 3 rings (SSSR count). The third-order valence-corrected chi connectivity index (χ3v) is 2.98. The zero-order valence-electron chi connectivity index (χ0n) is 8.19. The van der Waals surface area contributed by atoms with Crippen LogP contribution in [-0.4, -0.2) is 17.6 Å². The number of hydrogen-bond acceptors (Lipinski definition) is 3. The first-order valence-corrected chi connectivity index (χ1v) is 5.04. The van der Waals surface area contributed by atoms with E-state index in [1.807, 2.05) is 24.3 Å². The van der Waals surface area contributed by atoms with Crippen LogP contribution in [0.4, 0.5) is 5.69 Å². The van der Waals surface area contributed by atoms with Crippen molar-refractivity contribution in [1.29, 1.82) is 0 Å². The quantitative estimate of drug-likeness (QED) is 0.713. The van der Waals surface area contributed by atoms with Crippen molar-refractivity contribution in [2.24, 2.45) is 5.73 Å². The van der Waals surface area contributed by atoms with Crippen LogP contribution in [0.15, 0.2) is 24.3 Å². The van der Waals surface area contributed by atoms with Crippen LogP contribution in [0.1, 0.15) is 12.8 Å². The molecule has 0 radical (unpaired) electrons. The van der Waals surface area contributed by atoms with E-state index >= 15 is 0 Å². The van der Waals surface area contributed by atoms with Gasteiger partial charge in [0.2, 0.25) is 0 Å². The Balaban J connectivity index is 1.95. The summed E-state index contributed by atoms with van der Waals surface area (Å²) in [4.78, 5) is 11.7. The second-order valence-corrected chi connectivity index (χ2v) is 4.22. The predicted octanol–water partition coefficient (Wildman–Crippen LogP) is 0.877. The summed E-state index contributed by atoms with van der Waals surface area (Å²) in [6, 6.07) is 7.40. The fourth-order valence-corrected chi connectivity index (χ4v) is 1.84. The van der Waals surface area contributed by atoms with Gasteiger partial charge in [-0.05, 0) is 25.0 Å². The van der Waals surface area contributed by atoms with E-state index < -0.39 is 11.6 Å². The summed E-state index contributed by atoms with van der Waals surface area (Å²) in [5.74, 6) is 0.576. The first-order chi connectivity index (χ1) is 7.19. The van der Waals surface area contributed by atoms with Crippen molar-refractivity contribution in [3.63, 3.8) is 0 Å². The van der Waals surface area contributed by atoms with Crippen LogP contribution < -0.4 is 15.8 Å². The number of hydrogen-bond donors (Lipinski definition) is 2. The number of benzene rings is 1. The molecule has 4 nitrogen and oxygen atoms in total. The largest absolute Gasteiger partial charge is 0.476 e. The molecule has 1 unspecified atom stereocenters. The predicted molar refractivity (Wildman–Crippen MR) is 55.6 cm³/mol. The minimum Gasteiger partial charge on any atom is -0.476 e. The lowest BCUT2D eigenvalue weighted by atomic mass is 10.1. The average molecular weight is 204 g/mol. The van der Waals surface area contributed by atoms with Crippen molar-refractivity contribution in [2.45, 2.75) is 24.5 Å². The SMILES string of the molecule is NC1(C2Oc3ccccc3NC2=O)CC1. The molecule has 4 heteroatoms. The van der Waals surface area contributed by atoms with E-state index in [4.69, 9.17) is 10.5 Å². The van der Waals surface area contributed by atoms with Gasteiger partial charge in [-0.3, -0.25) is 4.79 Å². The van der Waals surface area contributed by atoms with Gasteiger partial charge in [0.1, 0.15) is 5.75 Å². The van der Waals surface area contributed by atoms with Crippen LogP contribution in [-0.2, 0) is 4.79 Å². The van der Waals surface area contributed by atoms with Gasteiger partial charge in [-0.25, -0.2) is 0 Å². The third-order valence-electron chi connectivity index (χ3n) is 2.98. The Labute approximate surface area is 87.4 Å². The molecule has 1 saturated carbocycles. The van der Waals surface area contributed by atoms with Crippen LogP contribution in [0.25, 0.3) is 0 Å². The lowest BCUT2D eigenvalue weighted by Crippen LogP contribution is -2.51. The molecule has 1 aromatic rings. The molecule has 1 atom stereocenters. The van der Waals surface area contributed by atoms with Gasteiger partial charge in [0.05, 0.1) is 11.2 Å². The van der Waals surface area contributed by atoms with E-state index in [2.05, 4.69) is 5.32 Å². The molecule has 78 valence electrons. The lowest BCUT2D eigenvalue weighted by Gasteiger charge is -2.29. The molecule has 1 fully saturated rings. The summed E-state index contributed by atoms with van der Waals surface area (Å²) >= 11 is 0. The summed E-state index contributed by atoms with van der Waals surface area (Å²) in [7, 11) is 0. The van der Waals surface area contributed by atoms with Gasteiger partial charge in [0.15, 0.2) is 6.10 Å². The van der Waals surface area contributed by atoms with Gasteiger partial charge in [0.25, 0.3) is 5.91 Å². The van der Waals surface area contributed by atoms with Crippen molar-refractivity contribution < 1.29 is 9.53 Å². The highest BCUT2D eigenvalue weighted by Gasteiger charge is 2.52. The van der Waals surface area contributed by atoms with Crippen molar-refractivity contribution >= 4 is 11.6 Å². The number of nitrogens with one attached hydrogen (secondary N) is 1. The fourth-order valence-electron chi connectivity index (χ4n) is 1.84. The number of ether oxygens (including phenoxy) is 1. The summed E-state index contributed by atoms with van der Waals surface area (Å²) in [5, 5.41) is 2.81. The van der Waals surface area contributed by atoms with Gasteiger partial charge in [-0.1, -0.05) is 12.1 Å². The average Bonchev–Trinajstić information content (AvgIpc) is 2.96. The standard InChI is InChI=1S/C11H12N2O2/c12-11(5-6-11)9-10(14)13-7-3-1-2-4-8(7)15-9/h1-4,9H,5-6,12H2,(H,13,14). The number of carbonyl (C=O) groups is 1. The highest BCUT2D eigenvalue weighted by Crippen LogP contribution is 2.41. The van der Waals surface area contributed by atoms with Crippen LogP contribution in [0.5, 0.6) is 5.75 Å². The highest BCUT2D eigenvalue weighted by atomic mass is 16.5. The number of carbonyl (C=O) groups excluding carboxylic acids is 1. The Morgan fingerprint density at radius 3 is 2.87 bits per heavy atom. The molecule has 2 aliphatic rings. The zero-order valence-corrected chi connectivity index (χ0v) is 8.19. The molecule has 1 aliphatic heterocycles. The summed E-state index contributed by atoms with van der Waals surface area (Å²) in [5.41, 5.74) is 6.26. The minimum atomic E-state index is -0.535. The maximum absolute atomic E-state index is 11.7. The second kappa shape index (κ2) is 2.73. The van der Waals surface area contributed by atoms with E-state index in [9.17, 15) is 4.79 Å². The van der Waals surface area contributed by atoms with Crippen LogP contribution in [0.3, 0.4) is 0 Å². The van der Waals surface area contributed by atoms with Gasteiger partial charge in [-0.15, -0.1) is 0 Å². The molecular formula is C11H12N2O2. The Morgan fingerprint density at radius 2 is 2.13 bits per heavy atom. The molecule has 1 amide bonds. The molecule has 3 N–H and O–H groups in total. The molecule has 0 spiro atoms. The third kappa shape index (κ3) is 1.29. The second-order valence-electron chi connectivity index (χ2n) is 4.22. The van der Waals surface area contributed by atoms with E-state index in [-0.39, 0.29) is 5.91 Å². The fraction of sp³-hybridized carbons (Fsp3) is 0.364. The zero-order chi connectivity index (χ0) is 10.5. The van der Waals surface area contributed by atoms with E-state index in [0.29, 0.717) is 5.75 Å². The van der Waals surface area contributed by atoms with Crippen molar-refractivity contribution in [3.8, 4) is 5.75 Å². The first kappa shape index (κ1) is 8.73. The molecule has 1 aromatic carbocycles.